The summed E-state index contributed by atoms with van der Waals surface area (Å²) >= 11 is 3.59. The molecule has 0 unspecified atom stereocenters. The first-order valence-electron chi connectivity index (χ1n) is 8.47. The molecule has 4 rings (SSSR count). The summed E-state index contributed by atoms with van der Waals surface area (Å²) in [7, 11) is 3.28. The molecule has 8 nitrogen and oxygen atoms in total. The van der Waals surface area contributed by atoms with Crippen LogP contribution in [0.15, 0.2) is 59.3 Å². The molecule has 0 spiro atoms. The van der Waals surface area contributed by atoms with Crippen molar-refractivity contribution in [2.24, 2.45) is 0 Å². The van der Waals surface area contributed by atoms with Crippen LogP contribution >= 0.6 is 15.9 Å². The zero-order valence-electron chi connectivity index (χ0n) is 15.3. The number of methoxy groups -OCH3 is 2. The molecule has 0 radical (unpaired) electrons. The molecule has 0 aliphatic heterocycles. The van der Waals surface area contributed by atoms with Crippen LogP contribution in [0.1, 0.15) is 5.56 Å². The number of hydrogen-bond acceptors (Lipinski definition) is 6. The van der Waals surface area contributed by atoms with E-state index in [0.29, 0.717) is 12.4 Å². The average molecular weight is 441 g/mol. The second-order valence-electron chi connectivity index (χ2n) is 5.95. The number of nitrogens with zero attached hydrogens (tertiary/aromatic N) is 6. The summed E-state index contributed by atoms with van der Waals surface area (Å²) in [5.41, 5.74) is 2.71. The van der Waals surface area contributed by atoms with Crippen molar-refractivity contribution in [1.29, 1.82) is 0 Å². The number of tetrazole rings is 1. The molecule has 4 aromatic rings. The van der Waals surface area contributed by atoms with Gasteiger partial charge in [0, 0.05) is 0 Å². The molecule has 0 saturated heterocycles. The predicted octanol–water partition coefficient (Wildman–Crippen LogP) is 3.35. The zero-order valence-corrected chi connectivity index (χ0v) is 16.9. The number of aromatic nitrogens is 6. The lowest BCUT2D eigenvalue weighted by Gasteiger charge is -2.05. The molecular weight excluding hydrogens is 424 g/mol. The van der Waals surface area contributed by atoms with Gasteiger partial charge in [-0.25, -0.2) is 4.68 Å². The number of benzene rings is 2. The third kappa shape index (κ3) is 3.61. The van der Waals surface area contributed by atoms with Gasteiger partial charge in [-0.3, -0.25) is 0 Å². The molecule has 2 heterocycles. The van der Waals surface area contributed by atoms with Crippen LogP contribution < -0.4 is 9.47 Å². The maximum Gasteiger partial charge on any atom is 0.209 e. The molecule has 9 heteroatoms. The van der Waals surface area contributed by atoms with E-state index in [1.165, 1.54) is 0 Å². The summed E-state index contributed by atoms with van der Waals surface area (Å²) in [6.07, 6.45) is 1.71. The van der Waals surface area contributed by atoms with E-state index in [1.807, 2.05) is 48.5 Å². The summed E-state index contributed by atoms with van der Waals surface area (Å²) < 4.78 is 12.9. The smallest absolute Gasteiger partial charge is 0.209 e. The zero-order chi connectivity index (χ0) is 19.5. The van der Waals surface area contributed by atoms with Gasteiger partial charge in [0.05, 0.1) is 38.2 Å². The summed E-state index contributed by atoms with van der Waals surface area (Å²) in [5.74, 6) is 2.10. The Morgan fingerprint density at radius 2 is 1.57 bits per heavy atom. The summed E-state index contributed by atoms with van der Waals surface area (Å²) in [4.78, 5) is 1.55. The standard InChI is InChI=1S/C19H17BrN6O2/c1-27-15-7-3-13(4-8-15)12-25-23-19(22-24-25)17-11-21-26(18(17)20)14-5-9-16(28-2)10-6-14/h3-11H,12H2,1-2H3. The van der Waals surface area contributed by atoms with Crippen molar-refractivity contribution < 1.29 is 9.47 Å². The van der Waals surface area contributed by atoms with E-state index in [0.717, 1.165) is 32.9 Å². The minimum Gasteiger partial charge on any atom is -0.497 e. The van der Waals surface area contributed by atoms with Crippen molar-refractivity contribution in [3.63, 3.8) is 0 Å². The van der Waals surface area contributed by atoms with Gasteiger partial charge in [-0.05, 0) is 63.1 Å². The normalized spacial score (nSPS) is 10.8. The van der Waals surface area contributed by atoms with Crippen molar-refractivity contribution in [1.82, 2.24) is 30.0 Å². The highest BCUT2D eigenvalue weighted by molar-refractivity contribution is 9.10. The Balaban J connectivity index is 1.55. The molecule has 0 N–H and O–H groups in total. The molecule has 0 amide bonds. The average Bonchev–Trinajstić information content (AvgIpc) is 3.35. The molecule has 0 saturated carbocycles. The fraction of sp³-hybridized carbons (Fsp3) is 0.158. The van der Waals surface area contributed by atoms with Crippen molar-refractivity contribution in [3.05, 3.63) is 64.9 Å². The first-order chi connectivity index (χ1) is 13.7. The van der Waals surface area contributed by atoms with Gasteiger partial charge in [0.25, 0.3) is 0 Å². The minimum absolute atomic E-state index is 0.500. The third-order valence-corrected chi connectivity index (χ3v) is 4.97. The van der Waals surface area contributed by atoms with Crippen LogP contribution in [-0.2, 0) is 6.54 Å². The number of halogens is 1. The molecule has 0 aliphatic carbocycles. The Morgan fingerprint density at radius 1 is 0.929 bits per heavy atom. The van der Waals surface area contributed by atoms with Gasteiger partial charge in [0.15, 0.2) is 0 Å². The predicted molar refractivity (Wildman–Crippen MR) is 107 cm³/mol. The van der Waals surface area contributed by atoms with Gasteiger partial charge in [-0.15, -0.1) is 10.2 Å². The Kier molecular flexibility index (Phi) is 5.07. The van der Waals surface area contributed by atoms with E-state index in [9.17, 15) is 0 Å². The SMILES string of the molecule is COc1ccc(Cn2nnc(-c3cnn(-c4ccc(OC)cc4)c3Br)n2)cc1. The molecule has 0 fully saturated rings. The minimum atomic E-state index is 0.500. The largest absolute Gasteiger partial charge is 0.497 e. The van der Waals surface area contributed by atoms with E-state index in [4.69, 9.17) is 9.47 Å². The Labute approximate surface area is 169 Å². The Bertz CT molecular complexity index is 1070. The topological polar surface area (TPSA) is 79.9 Å². The number of ether oxygens (including phenoxy) is 2. The molecule has 0 atom stereocenters. The van der Waals surface area contributed by atoms with Crippen molar-refractivity contribution in [2.45, 2.75) is 6.54 Å². The first-order valence-corrected chi connectivity index (χ1v) is 9.26. The van der Waals surface area contributed by atoms with Crippen LogP contribution in [0.5, 0.6) is 11.5 Å². The van der Waals surface area contributed by atoms with E-state index in [-0.39, 0.29) is 0 Å². The van der Waals surface area contributed by atoms with Gasteiger partial charge in [-0.2, -0.15) is 9.90 Å². The van der Waals surface area contributed by atoms with Crippen molar-refractivity contribution >= 4 is 15.9 Å². The second kappa shape index (κ2) is 7.81. The lowest BCUT2D eigenvalue weighted by atomic mass is 10.2. The lowest BCUT2D eigenvalue weighted by molar-refractivity contribution is 0.414. The number of hydrogen-bond donors (Lipinski definition) is 0. The molecule has 0 bridgehead atoms. The van der Waals surface area contributed by atoms with Crippen LogP contribution in [0, 0.1) is 0 Å². The lowest BCUT2D eigenvalue weighted by Crippen LogP contribution is -2.04. The highest BCUT2D eigenvalue weighted by Crippen LogP contribution is 2.28. The van der Waals surface area contributed by atoms with Gasteiger partial charge in [-0.1, -0.05) is 12.1 Å². The van der Waals surface area contributed by atoms with E-state index >= 15 is 0 Å². The van der Waals surface area contributed by atoms with Gasteiger partial charge in [0.1, 0.15) is 16.1 Å². The quantitative estimate of drug-likeness (QED) is 0.457. The van der Waals surface area contributed by atoms with E-state index in [2.05, 4.69) is 36.4 Å². The Morgan fingerprint density at radius 3 is 2.21 bits per heavy atom. The van der Waals surface area contributed by atoms with Gasteiger partial charge < -0.3 is 9.47 Å². The molecular formula is C19H17BrN6O2. The maximum absolute atomic E-state index is 5.19. The Hall–Kier alpha value is -3.20. The monoisotopic (exact) mass is 440 g/mol. The first kappa shape index (κ1) is 18.2. The summed E-state index contributed by atoms with van der Waals surface area (Å²) in [6.45, 7) is 0.515. The summed E-state index contributed by atoms with van der Waals surface area (Å²) in [5, 5.41) is 17.2. The summed E-state index contributed by atoms with van der Waals surface area (Å²) in [6, 6.07) is 15.4. The molecule has 0 aliphatic rings. The molecule has 142 valence electrons. The van der Waals surface area contributed by atoms with Crippen LogP contribution in [0.3, 0.4) is 0 Å². The van der Waals surface area contributed by atoms with E-state index < -0.39 is 0 Å². The van der Waals surface area contributed by atoms with Crippen molar-refractivity contribution in [3.8, 4) is 28.6 Å². The molecule has 2 aromatic carbocycles. The second-order valence-corrected chi connectivity index (χ2v) is 6.70. The van der Waals surface area contributed by atoms with Gasteiger partial charge in [0.2, 0.25) is 5.82 Å². The van der Waals surface area contributed by atoms with E-state index in [1.54, 1.807) is 29.9 Å². The van der Waals surface area contributed by atoms with Gasteiger partial charge >= 0.3 is 0 Å². The van der Waals surface area contributed by atoms with Crippen molar-refractivity contribution in [2.75, 3.05) is 14.2 Å². The molecule has 2 aromatic heterocycles. The highest BCUT2D eigenvalue weighted by Gasteiger charge is 2.16. The fourth-order valence-electron chi connectivity index (χ4n) is 2.70. The maximum atomic E-state index is 5.19. The fourth-order valence-corrected chi connectivity index (χ4v) is 3.28. The number of rotatable bonds is 6. The highest BCUT2D eigenvalue weighted by atomic mass is 79.9. The van der Waals surface area contributed by atoms with Crippen LogP contribution in [0.2, 0.25) is 0 Å². The van der Waals surface area contributed by atoms with Crippen LogP contribution in [0.4, 0.5) is 0 Å². The van der Waals surface area contributed by atoms with Crippen LogP contribution in [0.25, 0.3) is 17.1 Å². The van der Waals surface area contributed by atoms with Crippen LogP contribution in [-0.4, -0.2) is 44.2 Å². The molecule has 28 heavy (non-hydrogen) atoms. The third-order valence-electron chi connectivity index (χ3n) is 4.20.